The smallest absolute Gasteiger partial charge is 0.307 e. The van der Waals surface area contributed by atoms with Gasteiger partial charge >= 0.3 is 5.97 Å². The first-order valence-electron chi connectivity index (χ1n) is 3.92. The van der Waals surface area contributed by atoms with Crippen LogP contribution in [0.4, 0.5) is 0 Å². The number of esters is 1. The third-order valence-electron chi connectivity index (χ3n) is 1.64. The quantitative estimate of drug-likeness (QED) is 0.599. The third kappa shape index (κ3) is 2.79. The lowest BCUT2D eigenvalue weighted by atomic mass is 10.4. The first-order valence-corrected chi connectivity index (χ1v) is 5.00. The van der Waals surface area contributed by atoms with Crippen LogP contribution in [0, 0.1) is 3.57 Å². The van der Waals surface area contributed by atoms with Gasteiger partial charge in [0.25, 0.3) is 5.56 Å². The maximum absolute atomic E-state index is 11.4. The molecule has 1 heterocycles. The van der Waals surface area contributed by atoms with Crippen LogP contribution >= 0.6 is 22.6 Å². The number of hydrogen-bond donors (Lipinski definition) is 0. The second kappa shape index (κ2) is 5.08. The molecule has 0 radical (unpaired) electrons. The molecule has 0 amide bonds. The van der Waals surface area contributed by atoms with Crippen LogP contribution in [0.2, 0.25) is 0 Å². The van der Waals surface area contributed by atoms with E-state index < -0.39 is 0 Å². The number of nitrogens with zero attached hydrogens (tertiary/aromatic N) is 2. The van der Waals surface area contributed by atoms with Crippen molar-refractivity contribution in [2.45, 2.75) is 13.0 Å². The Balaban J connectivity index is 2.73. The third-order valence-corrected chi connectivity index (χ3v) is 2.38. The Kier molecular flexibility index (Phi) is 4.05. The molecular weight excluding hydrogens is 299 g/mol. The zero-order chi connectivity index (χ0) is 10.6. The van der Waals surface area contributed by atoms with Gasteiger partial charge in [-0.2, -0.15) is 0 Å². The van der Waals surface area contributed by atoms with E-state index in [0.717, 1.165) is 0 Å². The lowest BCUT2D eigenvalue weighted by molar-refractivity contribution is -0.140. The lowest BCUT2D eigenvalue weighted by Gasteiger charge is -2.03. The van der Waals surface area contributed by atoms with Crippen LogP contribution in [0.1, 0.15) is 6.42 Å². The van der Waals surface area contributed by atoms with E-state index in [1.807, 2.05) is 22.6 Å². The monoisotopic (exact) mass is 308 g/mol. The number of aromatic nitrogens is 2. The predicted octanol–water partition coefficient (Wildman–Crippen LogP) is 0.411. The van der Waals surface area contributed by atoms with E-state index in [9.17, 15) is 9.59 Å². The Hall–Kier alpha value is -0.920. The number of aryl methyl sites for hydroxylation is 1. The molecule has 0 atom stereocenters. The Bertz CT molecular complexity index is 388. The fourth-order valence-electron chi connectivity index (χ4n) is 0.897. The Morgan fingerprint density at radius 3 is 3.07 bits per heavy atom. The second-order valence-electron chi connectivity index (χ2n) is 2.57. The van der Waals surface area contributed by atoms with E-state index in [-0.39, 0.29) is 17.9 Å². The summed E-state index contributed by atoms with van der Waals surface area (Å²) in [5, 5.41) is 0. The number of halogens is 1. The molecule has 0 unspecified atom stereocenters. The fourth-order valence-corrected chi connectivity index (χ4v) is 1.37. The molecule has 0 bridgehead atoms. The van der Waals surface area contributed by atoms with Gasteiger partial charge in [-0.25, -0.2) is 4.98 Å². The van der Waals surface area contributed by atoms with Gasteiger partial charge in [-0.15, -0.1) is 0 Å². The summed E-state index contributed by atoms with van der Waals surface area (Å²) in [6, 6.07) is 0. The van der Waals surface area contributed by atoms with Crippen LogP contribution in [-0.2, 0) is 16.1 Å². The van der Waals surface area contributed by atoms with Crippen LogP contribution in [0.3, 0.4) is 0 Å². The van der Waals surface area contributed by atoms with Gasteiger partial charge in [0, 0.05) is 12.7 Å². The highest BCUT2D eigenvalue weighted by atomic mass is 127. The first-order chi connectivity index (χ1) is 6.65. The number of carbonyl (C=O) groups is 1. The van der Waals surface area contributed by atoms with Crippen molar-refractivity contribution in [3.63, 3.8) is 0 Å². The molecule has 0 spiro atoms. The van der Waals surface area contributed by atoms with Crippen LogP contribution in [0.25, 0.3) is 0 Å². The molecule has 0 aromatic carbocycles. The van der Waals surface area contributed by atoms with E-state index in [1.54, 1.807) is 0 Å². The van der Waals surface area contributed by atoms with Crippen molar-refractivity contribution in [3.8, 4) is 0 Å². The van der Waals surface area contributed by atoms with Gasteiger partial charge in [0.1, 0.15) is 0 Å². The molecule has 0 aliphatic rings. The molecule has 0 saturated heterocycles. The molecular formula is C8H9IN2O3. The molecule has 0 aliphatic heterocycles. The maximum Gasteiger partial charge on any atom is 0.307 e. The summed E-state index contributed by atoms with van der Waals surface area (Å²) in [4.78, 5) is 26.1. The standard InChI is InChI=1S/C8H9IN2O3/c1-14-7(12)2-3-11-5-10-4-6(9)8(11)13/h4-5H,2-3H2,1H3. The summed E-state index contributed by atoms with van der Waals surface area (Å²) in [6.07, 6.45) is 3.07. The van der Waals surface area contributed by atoms with Crippen molar-refractivity contribution in [2.24, 2.45) is 0 Å². The van der Waals surface area contributed by atoms with Crippen LogP contribution in [0.5, 0.6) is 0 Å². The number of ether oxygens (including phenoxy) is 1. The molecule has 0 saturated carbocycles. The molecule has 5 nitrogen and oxygen atoms in total. The Morgan fingerprint density at radius 2 is 2.43 bits per heavy atom. The number of carbonyl (C=O) groups excluding carboxylic acids is 1. The van der Waals surface area contributed by atoms with Gasteiger partial charge in [0.05, 0.1) is 23.4 Å². The van der Waals surface area contributed by atoms with Crippen molar-refractivity contribution >= 4 is 28.6 Å². The normalized spacial score (nSPS) is 9.86. The molecule has 0 N–H and O–H groups in total. The van der Waals surface area contributed by atoms with Gasteiger partial charge in [0.2, 0.25) is 0 Å². The second-order valence-corrected chi connectivity index (χ2v) is 3.73. The van der Waals surface area contributed by atoms with Crippen molar-refractivity contribution in [2.75, 3.05) is 7.11 Å². The average Bonchev–Trinajstić information content (AvgIpc) is 2.20. The SMILES string of the molecule is COC(=O)CCn1cncc(I)c1=O. The predicted molar refractivity (Wildman–Crippen MR) is 57.8 cm³/mol. The highest BCUT2D eigenvalue weighted by Crippen LogP contribution is 1.94. The van der Waals surface area contributed by atoms with Gasteiger partial charge in [-0.1, -0.05) is 0 Å². The molecule has 76 valence electrons. The number of hydrogen-bond acceptors (Lipinski definition) is 4. The van der Waals surface area contributed by atoms with Crippen molar-refractivity contribution in [1.82, 2.24) is 9.55 Å². The van der Waals surface area contributed by atoms with Gasteiger partial charge in [-0.3, -0.25) is 14.2 Å². The van der Waals surface area contributed by atoms with Crippen LogP contribution < -0.4 is 5.56 Å². The minimum absolute atomic E-state index is 0.135. The van der Waals surface area contributed by atoms with Gasteiger partial charge in [0.15, 0.2) is 0 Å². The van der Waals surface area contributed by atoms with Crippen molar-refractivity contribution in [1.29, 1.82) is 0 Å². The zero-order valence-corrected chi connectivity index (χ0v) is 9.72. The van der Waals surface area contributed by atoms with Crippen molar-refractivity contribution < 1.29 is 9.53 Å². The molecule has 6 heteroatoms. The molecule has 0 aliphatic carbocycles. The topological polar surface area (TPSA) is 61.2 Å². The minimum atomic E-state index is -0.337. The maximum atomic E-state index is 11.4. The summed E-state index contributed by atoms with van der Waals surface area (Å²) in [6.45, 7) is 0.301. The van der Waals surface area contributed by atoms with Crippen LogP contribution in [0.15, 0.2) is 17.3 Å². The molecule has 1 rings (SSSR count). The zero-order valence-electron chi connectivity index (χ0n) is 7.57. The molecule has 1 aromatic heterocycles. The summed E-state index contributed by atoms with van der Waals surface area (Å²) < 4.78 is 6.39. The number of methoxy groups -OCH3 is 1. The van der Waals surface area contributed by atoms with Crippen molar-refractivity contribution in [3.05, 3.63) is 26.4 Å². The summed E-state index contributed by atoms with van der Waals surface area (Å²) in [7, 11) is 1.32. The Morgan fingerprint density at radius 1 is 1.71 bits per heavy atom. The van der Waals surface area contributed by atoms with E-state index in [0.29, 0.717) is 10.1 Å². The van der Waals surface area contributed by atoms with Crippen LogP contribution in [-0.4, -0.2) is 22.6 Å². The summed E-state index contributed by atoms with van der Waals surface area (Å²) in [5.41, 5.74) is -0.135. The average molecular weight is 308 g/mol. The molecule has 0 fully saturated rings. The van der Waals surface area contributed by atoms with Gasteiger partial charge < -0.3 is 4.74 Å². The molecule has 1 aromatic rings. The highest BCUT2D eigenvalue weighted by molar-refractivity contribution is 14.1. The fraction of sp³-hybridized carbons (Fsp3) is 0.375. The number of rotatable bonds is 3. The first kappa shape index (κ1) is 11.2. The van der Waals surface area contributed by atoms with Gasteiger partial charge in [-0.05, 0) is 22.6 Å². The van der Waals surface area contributed by atoms with E-state index >= 15 is 0 Å². The largest absolute Gasteiger partial charge is 0.469 e. The summed E-state index contributed by atoms with van der Waals surface area (Å²) in [5.74, 6) is -0.337. The minimum Gasteiger partial charge on any atom is -0.469 e. The van der Waals surface area contributed by atoms with E-state index in [4.69, 9.17) is 0 Å². The molecule has 14 heavy (non-hydrogen) atoms. The highest BCUT2D eigenvalue weighted by Gasteiger charge is 2.04. The van der Waals surface area contributed by atoms with E-state index in [2.05, 4.69) is 9.72 Å². The summed E-state index contributed by atoms with van der Waals surface area (Å²) >= 11 is 1.90. The lowest BCUT2D eigenvalue weighted by Crippen LogP contribution is -2.23. The van der Waals surface area contributed by atoms with E-state index in [1.165, 1.54) is 24.2 Å². The Labute approximate surface area is 94.2 Å².